The number of amides is 2. The van der Waals surface area contributed by atoms with Crippen molar-refractivity contribution in [1.29, 1.82) is 0 Å². The topological polar surface area (TPSA) is 67.4 Å². The Morgan fingerprint density at radius 1 is 0.533 bits per heavy atom. The van der Waals surface area contributed by atoms with Crippen molar-refractivity contribution in [2.75, 3.05) is 10.6 Å². The first-order valence-corrected chi connectivity index (χ1v) is 9.66. The lowest BCUT2D eigenvalue weighted by Crippen LogP contribution is -2.19. The molecule has 2 aromatic heterocycles. The van der Waals surface area contributed by atoms with Gasteiger partial charge in [-0.2, -0.15) is 0 Å². The van der Waals surface area contributed by atoms with Crippen molar-refractivity contribution >= 4 is 61.3 Å². The van der Waals surface area contributed by atoms with Gasteiger partial charge in [0.2, 0.25) is 0 Å². The fourth-order valence-corrected chi connectivity index (χ4v) is 4.03. The number of benzene rings is 4. The van der Waals surface area contributed by atoms with E-state index >= 15 is 0 Å². The van der Waals surface area contributed by atoms with Crippen LogP contribution >= 0.6 is 0 Å². The zero-order valence-corrected chi connectivity index (χ0v) is 15.8. The number of hydrogen-bond donors (Lipinski definition) is 2. The molecule has 0 saturated carbocycles. The van der Waals surface area contributed by atoms with Crippen LogP contribution in [0.3, 0.4) is 0 Å². The number of urea groups is 1. The van der Waals surface area contributed by atoms with E-state index in [0.717, 1.165) is 43.9 Å². The molecule has 0 fully saturated rings. The maximum atomic E-state index is 12.9. The standard InChI is InChI=1S/C25H16N2O3/c28-25(26-17-9-5-13-21-23(17)15-7-1-3-11-19(15)29-21)27-18-10-6-14-22-24(18)16-8-2-4-12-20(16)30-22/h1-14H,(H2,26,27,28). The number of carbonyl (C=O) groups is 1. The van der Waals surface area contributed by atoms with E-state index in [-0.39, 0.29) is 6.03 Å². The van der Waals surface area contributed by atoms with Crippen LogP contribution in [0.4, 0.5) is 16.2 Å². The Kier molecular flexibility index (Phi) is 3.55. The number of rotatable bonds is 2. The maximum Gasteiger partial charge on any atom is 0.323 e. The predicted octanol–water partition coefficient (Wildman–Crippen LogP) is 7.13. The van der Waals surface area contributed by atoms with Gasteiger partial charge in [0, 0.05) is 10.8 Å². The zero-order chi connectivity index (χ0) is 20.1. The average molecular weight is 392 g/mol. The van der Waals surface area contributed by atoms with E-state index < -0.39 is 0 Å². The highest BCUT2D eigenvalue weighted by atomic mass is 16.3. The third kappa shape index (κ3) is 2.53. The molecule has 0 saturated heterocycles. The lowest BCUT2D eigenvalue weighted by atomic mass is 10.1. The van der Waals surface area contributed by atoms with Crippen molar-refractivity contribution in [3.8, 4) is 0 Å². The van der Waals surface area contributed by atoms with Crippen LogP contribution in [0.5, 0.6) is 0 Å². The van der Waals surface area contributed by atoms with Crippen LogP contribution in [0.1, 0.15) is 0 Å². The Morgan fingerprint density at radius 3 is 1.47 bits per heavy atom. The molecule has 0 bridgehead atoms. The maximum absolute atomic E-state index is 12.9. The van der Waals surface area contributed by atoms with Gasteiger partial charge in [-0.3, -0.25) is 0 Å². The van der Waals surface area contributed by atoms with Crippen LogP contribution < -0.4 is 10.6 Å². The van der Waals surface area contributed by atoms with E-state index in [4.69, 9.17) is 8.83 Å². The van der Waals surface area contributed by atoms with Crippen molar-refractivity contribution < 1.29 is 13.6 Å². The van der Waals surface area contributed by atoms with Crippen LogP contribution in [-0.4, -0.2) is 6.03 Å². The molecule has 4 aromatic carbocycles. The number of hydrogen-bond acceptors (Lipinski definition) is 3. The molecule has 0 aliphatic carbocycles. The molecule has 144 valence electrons. The third-order valence-corrected chi connectivity index (χ3v) is 5.30. The largest absolute Gasteiger partial charge is 0.456 e. The Hall–Kier alpha value is -4.25. The first-order valence-electron chi connectivity index (χ1n) is 9.66. The fraction of sp³-hybridized carbons (Fsp3) is 0. The summed E-state index contributed by atoms with van der Waals surface area (Å²) in [6.45, 7) is 0. The highest BCUT2D eigenvalue weighted by molar-refractivity contribution is 6.18. The Morgan fingerprint density at radius 2 is 0.967 bits per heavy atom. The minimum atomic E-state index is -0.328. The molecule has 6 aromatic rings. The lowest BCUT2D eigenvalue weighted by Gasteiger charge is -2.09. The van der Waals surface area contributed by atoms with E-state index in [1.54, 1.807) is 0 Å². The number of nitrogens with one attached hydrogen (secondary N) is 2. The molecule has 0 spiro atoms. The molecule has 0 aliphatic heterocycles. The second-order valence-electron chi connectivity index (χ2n) is 7.13. The normalized spacial score (nSPS) is 11.5. The average Bonchev–Trinajstić information content (AvgIpc) is 3.33. The molecule has 2 N–H and O–H groups in total. The zero-order valence-electron chi connectivity index (χ0n) is 15.8. The molecule has 0 radical (unpaired) electrons. The number of fused-ring (bicyclic) bond motifs is 6. The number of carbonyl (C=O) groups excluding carboxylic acids is 1. The van der Waals surface area contributed by atoms with Crippen LogP contribution in [0.15, 0.2) is 93.8 Å². The van der Waals surface area contributed by atoms with E-state index in [2.05, 4.69) is 10.6 Å². The molecule has 6 rings (SSSR count). The molecule has 0 atom stereocenters. The van der Waals surface area contributed by atoms with Crippen molar-refractivity contribution in [2.45, 2.75) is 0 Å². The summed E-state index contributed by atoms with van der Waals surface area (Å²) in [6, 6.07) is 26.5. The van der Waals surface area contributed by atoms with Gasteiger partial charge in [0.05, 0.1) is 22.1 Å². The highest BCUT2D eigenvalue weighted by Gasteiger charge is 2.15. The molecule has 0 aliphatic rings. The summed E-state index contributed by atoms with van der Waals surface area (Å²) in [5.41, 5.74) is 4.43. The number of para-hydroxylation sites is 2. The van der Waals surface area contributed by atoms with Crippen LogP contribution in [0.25, 0.3) is 43.9 Å². The first-order chi connectivity index (χ1) is 14.8. The Bertz CT molecular complexity index is 1460. The SMILES string of the molecule is O=C(Nc1cccc2oc3ccccc3c12)Nc1cccc2oc3ccccc3c12. The summed E-state index contributed by atoms with van der Waals surface area (Å²) in [7, 11) is 0. The summed E-state index contributed by atoms with van der Waals surface area (Å²) in [5.74, 6) is 0. The minimum absolute atomic E-state index is 0.328. The smallest absolute Gasteiger partial charge is 0.323 e. The molecule has 30 heavy (non-hydrogen) atoms. The van der Waals surface area contributed by atoms with Gasteiger partial charge in [-0.1, -0.05) is 48.5 Å². The van der Waals surface area contributed by atoms with Gasteiger partial charge in [-0.05, 0) is 36.4 Å². The molecule has 5 heteroatoms. The van der Waals surface area contributed by atoms with Gasteiger partial charge in [-0.25, -0.2) is 4.79 Å². The summed E-state index contributed by atoms with van der Waals surface area (Å²) in [4.78, 5) is 12.9. The molecular formula is C25H16N2O3. The van der Waals surface area contributed by atoms with Gasteiger partial charge in [0.1, 0.15) is 22.3 Å². The van der Waals surface area contributed by atoms with Gasteiger partial charge < -0.3 is 19.5 Å². The minimum Gasteiger partial charge on any atom is -0.456 e. The van der Waals surface area contributed by atoms with Gasteiger partial charge >= 0.3 is 6.03 Å². The van der Waals surface area contributed by atoms with Crippen molar-refractivity contribution in [2.24, 2.45) is 0 Å². The summed E-state index contributed by atoms with van der Waals surface area (Å²) >= 11 is 0. The predicted molar refractivity (Wildman–Crippen MR) is 120 cm³/mol. The monoisotopic (exact) mass is 392 g/mol. The second-order valence-corrected chi connectivity index (χ2v) is 7.13. The van der Waals surface area contributed by atoms with E-state index in [1.807, 2.05) is 84.9 Å². The number of anilines is 2. The quantitative estimate of drug-likeness (QED) is 0.329. The van der Waals surface area contributed by atoms with Crippen molar-refractivity contribution in [1.82, 2.24) is 0 Å². The van der Waals surface area contributed by atoms with Crippen LogP contribution in [-0.2, 0) is 0 Å². The van der Waals surface area contributed by atoms with Crippen LogP contribution in [0, 0.1) is 0 Å². The number of furan rings is 2. The van der Waals surface area contributed by atoms with Gasteiger partial charge in [-0.15, -0.1) is 0 Å². The van der Waals surface area contributed by atoms with Crippen LogP contribution in [0.2, 0.25) is 0 Å². The third-order valence-electron chi connectivity index (χ3n) is 5.30. The van der Waals surface area contributed by atoms with E-state index in [9.17, 15) is 4.79 Å². The summed E-state index contributed by atoms with van der Waals surface area (Å²) in [5, 5.41) is 9.65. The lowest BCUT2D eigenvalue weighted by molar-refractivity contribution is 0.262. The van der Waals surface area contributed by atoms with Crippen molar-refractivity contribution in [3.05, 3.63) is 84.9 Å². The van der Waals surface area contributed by atoms with E-state index in [0.29, 0.717) is 11.4 Å². The highest BCUT2D eigenvalue weighted by Crippen LogP contribution is 2.35. The Balaban J connectivity index is 1.40. The fourth-order valence-electron chi connectivity index (χ4n) is 4.03. The Labute approximate surface area is 170 Å². The molecule has 0 unspecified atom stereocenters. The van der Waals surface area contributed by atoms with Gasteiger partial charge in [0.25, 0.3) is 0 Å². The van der Waals surface area contributed by atoms with E-state index in [1.165, 1.54) is 0 Å². The molecular weight excluding hydrogens is 376 g/mol. The molecule has 2 heterocycles. The summed E-state index contributed by atoms with van der Waals surface area (Å²) in [6.07, 6.45) is 0. The summed E-state index contributed by atoms with van der Waals surface area (Å²) < 4.78 is 11.8. The van der Waals surface area contributed by atoms with Gasteiger partial charge in [0.15, 0.2) is 0 Å². The molecule has 5 nitrogen and oxygen atoms in total. The van der Waals surface area contributed by atoms with Crippen molar-refractivity contribution in [3.63, 3.8) is 0 Å². The first kappa shape index (κ1) is 16.7. The molecule has 2 amide bonds. The second kappa shape index (κ2) is 6.39.